The molecule has 5 aromatic heterocycles. The highest BCUT2D eigenvalue weighted by Gasteiger charge is 2.24. The van der Waals surface area contributed by atoms with E-state index in [9.17, 15) is 0 Å². The zero-order valence-electron chi connectivity index (χ0n) is 17.4. The number of thiophene rings is 1. The summed E-state index contributed by atoms with van der Waals surface area (Å²) < 4.78 is 0. The number of hydrogen-bond donors (Lipinski definition) is 0. The SMILES string of the molecule is c1ccc(-c2ccc(-c3sc(-c4ccc(-c5ccccn5)nc4)c4c3CCC4)cn2)nc1. The summed E-state index contributed by atoms with van der Waals surface area (Å²) in [7, 11) is 0. The van der Waals surface area contributed by atoms with E-state index in [-0.39, 0.29) is 0 Å². The van der Waals surface area contributed by atoms with Gasteiger partial charge >= 0.3 is 0 Å². The van der Waals surface area contributed by atoms with Crippen molar-refractivity contribution < 1.29 is 0 Å². The number of aromatic nitrogens is 4. The second-order valence-electron chi connectivity index (χ2n) is 7.87. The lowest BCUT2D eigenvalue weighted by Gasteiger charge is -2.04. The van der Waals surface area contributed by atoms with E-state index in [0.29, 0.717) is 0 Å². The molecule has 154 valence electrons. The van der Waals surface area contributed by atoms with Crippen LogP contribution in [0.2, 0.25) is 0 Å². The Morgan fingerprint density at radius 3 is 1.44 bits per heavy atom. The molecule has 0 atom stereocenters. The smallest absolute Gasteiger partial charge is 0.0886 e. The van der Waals surface area contributed by atoms with E-state index in [1.165, 1.54) is 38.4 Å². The Labute approximate surface area is 190 Å². The number of rotatable bonds is 4. The maximum atomic E-state index is 4.70. The van der Waals surface area contributed by atoms with Crippen molar-refractivity contribution in [1.29, 1.82) is 0 Å². The van der Waals surface area contributed by atoms with Gasteiger partial charge in [0.15, 0.2) is 0 Å². The van der Waals surface area contributed by atoms with Crippen LogP contribution in [0.1, 0.15) is 17.5 Å². The van der Waals surface area contributed by atoms with Crippen molar-refractivity contribution in [1.82, 2.24) is 19.9 Å². The van der Waals surface area contributed by atoms with Crippen LogP contribution in [0.25, 0.3) is 43.7 Å². The van der Waals surface area contributed by atoms with Gasteiger partial charge in [0.05, 0.1) is 22.8 Å². The Hall–Kier alpha value is -3.70. The zero-order chi connectivity index (χ0) is 21.3. The molecule has 0 aliphatic heterocycles. The Balaban J connectivity index is 1.36. The van der Waals surface area contributed by atoms with Crippen molar-refractivity contribution in [3.63, 3.8) is 0 Å². The van der Waals surface area contributed by atoms with E-state index in [4.69, 9.17) is 9.97 Å². The quantitative estimate of drug-likeness (QED) is 0.326. The highest BCUT2D eigenvalue weighted by molar-refractivity contribution is 7.19. The summed E-state index contributed by atoms with van der Waals surface area (Å²) >= 11 is 1.86. The van der Waals surface area contributed by atoms with Gasteiger partial charge < -0.3 is 0 Å². The molecule has 0 aromatic carbocycles. The number of nitrogens with zero attached hydrogens (tertiary/aromatic N) is 4. The summed E-state index contributed by atoms with van der Waals surface area (Å²) in [4.78, 5) is 20.9. The van der Waals surface area contributed by atoms with Gasteiger partial charge in [0.25, 0.3) is 0 Å². The van der Waals surface area contributed by atoms with Gasteiger partial charge in [-0.1, -0.05) is 12.1 Å². The molecule has 0 saturated carbocycles. The number of fused-ring (bicyclic) bond motifs is 1. The summed E-state index contributed by atoms with van der Waals surface area (Å²) in [6, 6.07) is 20.3. The van der Waals surface area contributed by atoms with Gasteiger partial charge in [0, 0.05) is 45.7 Å². The summed E-state index contributed by atoms with van der Waals surface area (Å²) in [5.74, 6) is 0. The first kappa shape index (κ1) is 19.0. The Bertz CT molecular complexity index is 1250. The van der Waals surface area contributed by atoms with Gasteiger partial charge in [-0.3, -0.25) is 19.9 Å². The van der Waals surface area contributed by atoms with Crippen LogP contribution in [0, 0.1) is 0 Å². The summed E-state index contributed by atoms with van der Waals surface area (Å²) in [5.41, 5.74) is 8.91. The molecule has 1 aliphatic rings. The standard InChI is InChI=1S/C27H20N4S/c1-3-14-28-22(8-1)24-12-10-18(16-30-24)26-20-6-5-7-21(20)27(32-26)19-11-13-25(31-17-19)23-9-2-4-15-29-23/h1-4,8-17H,5-7H2. The first-order valence-electron chi connectivity index (χ1n) is 10.8. The van der Waals surface area contributed by atoms with Crippen LogP contribution in [-0.4, -0.2) is 19.9 Å². The molecule has 0 fully saturated rings. The minimum atomic E-state index is 0.898. The van der Waals surface area contributed by atoms with E-state index >= 15 is 0 Å². The minimum Gasteiger partial charge on any atom is -0.255 e. The van der Waals surface area contributed by atoms with E-state index < -0.39 is 0 Å². The first-order chi connectivity index (χ1) is 15.9. The summed E-state index contributed by atoms with van der Waals surface area (Å²) in [6.07, 6.45) is 11.0. The van der Waals surface area contributed by atoms with Gasteiger partial charge in [-0.2, -0.15) is 0 Å². The largest absolute Gasteiger partial charge is 0.255 e. The zero-order valence-corrected chi connectivity index (χ0v) is 18.2. The summed E-state index contributed by atoms with van der Waals surface area (Å²) in [5, 5.41) is 0. The van der Waals surface area contributed by atoms with Crippen molar-refractivity contribution in [3.05, 3.63) is 96.6 Å². The molecule has 1 aliphatic carbocycles. The summed E-state index contributed by atoms with van der Waals surface area (Å²) in [6.45, 7) is 0. The van der Waals surface area contributed by atoms with Gasteiger partial charge in [-0.05, 0) is 78.9 Å². The van der Waals surface area contributed by atoms with Crippen molar-refractivity contribution in [2.45, 2.75) is 19.3 Å². The molecule has 5 heterocycles. The first-order valence-corrected chi connectivity index (χ1v) is 11.6. The highest BCUT2D eigenvalue weighted by atomic mass is 32.1. The van der Waals surface area contributed by atoms with Crippen molar-refractivity contribution >= 4 is 11.3 Å². The van der Waals surface area contributed by atoms with Crippen LogP contribution in [0.3, 0.4) is 0 Å². The van der Waals surface area contributed by atoms with E-state index in [0.717, 1.165) is 35.6 Å². The molecular weight excluding hydrogens is 412 g/mol. The lowest BCUT2D eigenvalue weighted by Crippen LogP contribution is -1.88. The van der Waals surface area contributed by atoms with Gasteiger partial charge in [0.2, 0.25) is 0 Å². The maximum absolute atomic E-state index is 4.70. The molecule has 0 bridgehead atoms. The average molecular weight is 433 g/mol. The molecule has 6 rings (SSSR count). The third kappa shape index (κ3) is 3.41. The predicted molar refractivity (Wildman–Crippen MR) is 129 cm³/mol. The predicted octanol–water partition coefficient (Wildman–Crippen LogP) is 6.48. The Kier molecular flexibility index (Phi) is 4.81. The molecule has 0 spiro atoms. The lowest BCUT2D eigenvalue weighted by atomic mass is 10.0. The van der Waals surface area contributed by atoms with Crippen LogP contribution in [0.15, 0.2) is 85.5 Å². The number of pyridine rings is 4. The van der Waals surface area contributed by atoms with Crippen LogP contribution in [0.5, 0.6) is 0 Å². The fraction of sp³-hybridized carbons (Fsp3) is 0.111. The maximum Gasteiger partial charge on any atom is 0.0886 e. The van der Waals surface area contributed by atoms with E-state index in [1.54, 1.807) is 12.4 Å². The monoisotopic (exact) mass is 432 g/mol. The Morgan fingerprint density at radius 2 is 1.03 bits per heavy atom. The lowest BCUT2D eigenvalue weighted by molar-refractivity contribution is 0.912. The molecule has 32 heavy (non-hydrogen) atoms. The Morgan fingerprint density at radius 1 is 0.531 bits per heavy atom. The van der Waals surface area contributed by atoms with Gasteiger partial charge in [-0.25, -0.2) is 0 Å². The second kappa shape index (κ2) is 8.09. The van der Waals surface area contributed by atoms with Crippen LogP contribution in [0.4, 0.5) is 0 Å². The highest BCUT2D eigenvalue weighted by Crippen LogP contribution is 2.46. The van der Waals surface area contributed by atoms with Crippen molar-refractivity contribution in [2.24, 2.45) is 0 Å². The fourth-order valence-electron chi connectivity index (χ4n) is 4.32. The molecular formula is C27H20N4S. The minimum absolute atomic E-state index is 0.898. The third-order valence-electron chi connectivity index (χ3n) is 5.88. The molecule has 5 heteroatoms. The van der Waals surface area contributed by atoms with Crippen LogP contribution < -0.4 is 0 Å². The molecule has 4 nitrogen and oxygen atoms in total. The van der Waals surface area contributed by atoms with Crippen molar-refractivity contribution in [2.75, 3.05) is 0 Å². The average Bonchev–Trinajstić information content (AvgIpc) is 3.49. The molecule has 0 saturated heterocycles. The molecule has 5 aromatic rings. The molecule has 0 unspecified atom stereocenters. The normalized spacial score (nSPS) is 12.6. The van der Waals surface area contributed by atoms with E-state index in [1.807, 2.05) is 60.1 Å². The topological polar surface area (TPSA) is 51.6 Å². The van der Waals surface area contributed by atoms with Crippen molar-refractivity contribution in [3.8, 4) is 43.7 Å². The fourth-order valence-corrected chi connectivity index (χ4v) is 5.70. The van der Waals surface area contributed by atoms with Crippen LogP contribution >= 0.6 is 11.3 Å². The third-order valence-corrected chi connectivity index (χ3v) is 7.25. The molecule has 0 N–H and O–H groups in total. The molecule has 0 radical (unpaired) electrons. The van der Waals surface area contributed by atoms with Gasteiger partial charge in [0.1, 0.15) is 0 Å². The number of hydrogen-bond acceptors (Lipinski definition) is 5. The van der Waals surface area contributed by atoms with Gasteiger partial charge in [-0.15, -0.1) is 11.3 Å². The van der Waals surface area contributed by atoms with E-state index in [2.05, 4.69) is 34.2 Å². The molecule has 0 amide bonds. The second-order valence-corrected chi connectivity index (χ2v) is 8.89. The van der Waals surface area contributed by atoms with Crippen LogP contribution in [-0.2, 0) is 12.8 Å².